The Bertz CT molecular complexity index is 1160. The normalized spacial score (nSPS) is 10.9. The summed E-state index contributed by atoms with van der Waals surface area (Å²) in [4.78, 5) is 17.3. The first-order chi connectivity index (χ1) is 14.5. The monoisotopic (exact) mass is 423 g/mol. The van der Waals surface area contributed by atoms with Gasteiger partial charge >= 0.3 is 0 Å². The maximum atomic E-state index is 12.8. The van der Waals surface area contributed by atoms with Gasteiger partial charge in [-0.25, -0.2) is 4.98 Å². The molecule has 0 saturated carbocycles. The highest BCUT2D eigenvalue weighted by atomic mass is 32.1. The van der Waals surface area contributed by atoms with Gasteiger partial charge in [0.25, 0.3) is 5.91 Å². The number of hydrogen-bond acceptors (Lipinski definition) is 7. The number of rotatable bonds is 7. The fraction of sp³-hybridized carbons (Fsp3) is 0.238. The minimum Gasteiger partial charge on any atom is -0.489 e. The molecule has 0 aliphatic rings. The van der Waals surface area contributed by atoms with Gasteiger partial charge in [-0.1, -0.05) is 23.4 Å². The lowest BCUT2D eigenvalue weighted by Gasteiger charge is -2.06. The zero-order valence-corrected chi connectivity index (χ0v) is 17.7. The number of carbonyl (C=O) groups excluding carboxylic acids is 1. The van der Waals surface area contributed by atoms with Crippen molar-refractivity contribution in [2.45, 2.75) is 33.9 Å². The minimum absolute atomic E-state index is 0.181. The molecule has 1 aromatic carbocycles. The van der Waals surface area contributed by atoms with E-state index in [-0.39, 0.29) is 18.2 Å². The molecule has 4 rings (SSSR count). The van der Waals surface area contributed by atoms with Gasteiger partial charge in [0, 0.05) is 23.7 Å². The molecule has 0 spiro atoms. The molecule has 1 N–H and O–H groups in total. The number of benzene rings is 1. The van der Waals surface area contributed by atoms with Crippen molar-refractivity contribution in [1.29, 1.82) is 0 Å². The topological polar surface area (TPSA) is 95.1 Å². The molecule has 8 nitrogen and oxygen atoms in total. The third-order valence-corrected chi connectivity index (χ3v) is 5.35. The van der Waals surface area contributed by atoms with Gasteiger partial charge in [0.1, 0.15) is 18.1 Å². The molecule has 0 aliphatic heterocycles. The van der Waals surface area contributed by atoms with E-state index in [4.69, 9.17) is 9.26 Å². The Hall–Kier alpha value is -3.46. The summed E-state index contributed by atoms with van der Waals surface area (Å²) in [7, 11) is 0. The maximum Gasteiger partial charge on any atom is 0.280 e. The smallest absolute Gasteiger partial charge is 0.280 e. The summed E-state index contributed by atoms with van der Waals surface area (Å²) in [6, 6.07) is 9.38. The van der Waals surface area contributed by atoms with Gasteiger partial charge < -0.3 is 9.26 Å². The third-order valence-electron chi connectivity index (χ3n) is 4.60. The van der Waals surface area contributed by atoms with Crippen LogP contribution >= 0.6 is 11.3 Å². The number of hydrogen-bond donors (Lipinski definition) is 1. The van der Waals surface area contributed by atoms with Crippen molar-refractivity contribution in [3.63, 3.8) is 0 Å². The van der Waals surface area contributed by atoms with Crippen LogP contribution in [0, 0.1) is 13.8 Å². The molecule has 0 unspecified atom stereocenters. The van der Waals surface area contributed by atoms with Crippen molar-refractivity contribution in [2.75, 3.05) is 5.32 Å². The number of ether oxygens (including phenoxy) is 1. The molecular weight excluding hydrogens is 402 g/mol. The molecule has 1 amide bonds. The highest BCUT2D eigenvalue weighted by Crippen LogP contribution is 2.27. The van der Waals surface area contributed by atoms with Gasteiger partial charge in [0.15, 0.2) is 10.8 Å². The van der Waals surface area contributed by atoms with Crippen LogP contribution in [0.4, 0.5) is 5.13 Å². The van der Waals surface area contributed by atoms with Crippen LogP contribution in [-0.4, -0.2) is 25.8 Å². The van der Waals surface area contributed by atoms with E-state index in [0.29, 0.717) is 22.2 Å². The zero-order valence-electron chi connectivity index (χ0n) is 16.9. The molecule has 9 heteroatoms. The highest BCUT2D eigenvalue weighted by molar-refractivity contribution is 7.14. The Morgan fingerprint density at radius 2 is 2.07 bits per heavy atom. The van der Waals surface area contributed by atoms with E-state index in [9.17, 15) is 4.79 Å². The average Bonchev–Trinajstić information content (AvgIpc) is 3.45. The molecule has 0 fully saturated rings. The van der Waals surface area contributed by atoms with Gasteiger partial charge in [-0.3, -0.25) is 14.8 Å². The van der Waals surface area contributed by atoms with Crippen LogP contribution in [0.2, 0.25) is 0 Å². The van der Waals surface area contributed by atoms with E-state index in [1.165, 1.54) is 11.3 Å². The molecule has 30 heavy (non-hydrogen) atoms. The summed E-state index contributed by atoms with van der Waals surface area (Å²) >= 11 is 1.35. The van der Waals surface area contributed by atoms with Gasteiger partial charge in [-0.2, -0.15) is 5.10 Å². The van der Waals surface area contributed by atoms with E-state index in [1.807, 2.05) is 60.4 Å². The van der Waals surface area contributed by atoms with Crippen molar-refractivity contribution in [2.24, 2.45) is 0 Å². The highest BCUT2D eigenvalue weighted by Gasteiger charge is 2.22. The third kappa shape index (κ3) is 4.11. The Labute approximate surface area is 177 Å². The van der Waals surface area contributed by atoms with Gasteiger partial charge in [0.2, 0.25) is 0 Å². The Morgan fingerprint density at radius 1 is 1.27 bits per heavy atom. The predicted molar refractivity (Wildman–Crippen MR) is 114 cm³/mol. The molecule has 3 aromatic heterocycles. The molecule has 0 saturated heterocycles. The quantitative estimate of drug-likeness (QED) is 0.471. The number of nitrogens with one attached hydrogen (secondary N) is 1. The Balaban J connectivity index is 1.48. The second-order valence-corrected chi connectivity index (χ2v) is 7.50. The molecular formula is C21H21N5O3S. The van der Waals surface area contributed by atoms with Crippen molar-refractivity contribution in [3.05, 3.63) is 64.6 Å². The van der Waals surface area contributed by atoms with Crippen LogP contribution in [-0.2, 0) is 13.2 Å². The number of para-hydroxylation sites is 1. The van der Waals surface area contributed by atoms with E-state index >= 15 is 0 Å². The lowest BCUT2D eigenvalue weighted by Crippen LogP contribution is -2.15. The summed E-state index contributed by atoms with van der Waals surface area (Å²) in [5.74, 6) is 0.857. The molecule has 0 radical (unpaired) electrons. The van der Waals surface area contributed by atoms with Gasteiger partial charge in [-0.15, -0.1) is 11.3 Å². The lowest BCUT2D eigenvalue weighted by atomic mass is 10.2. The summed E-state index contributed by atoms with van der Waals surface area (Å²) < 4.78 is 12.8. The Morgan fingerprint density at radius 3 is 2.80 bits per heavy atom. The van der Waals surface area contributed by atoms with Crippen LogP contribution in [0.15, 0.2) is 46.4 Å². The molecule has 3 heterocycles. The fourth-order valence-electron chi connectivity index (χ4n) is 2.95. The van der Waals surface area contributed by atoms with Crippen molar-refractivity contribution < 1.29 is 14.1 Å². The van der Waals surface area contributed by atoms with Crippen LogP contribution in [0.1, 0.15) is 34.4 Å². The Kier molecular flexibility index (Phi) is 5.62. The standard InChI is InChI=1S/C21H21N5O3S/c1-4-26-10-16(13(2)24-26)18-12-30-21(22-18)23-20(27)19-17(14(3)29-25-19)11-28-15-8-6-5-7-9-15/h5-10,12H,4,11H2,1-3H3,(H,22,23,27). The number of anilines is 1. The maximum absolute atomic E-state index is 12.8. The number of aryl methyl sites for hydroxylation is 3. The number of amides is 1. The summed E-state index contributed by atoms with van der Waals surface area (Å²) in [6.07, 6.45) is 1.95. The van der Waals surface area contributed by atoms with Crippen LogP contribution in [0.25, 0.3) is 11.3 Å². The van der Waals surface area contributed by atoms with Crippen LogP contribution in [0.5, 0.6) is 5.75 Å². The van der Waals surface area contributed by atoms with Crippen molar-refractivity contribution >= 4 is 22.4 Å². The summed E-state index contributed by atoms with van der Waals surface area (Å²) in [6.45, 7) is 6.69. The van der Waals surface area contributed by atoms with Crippen molar-refractivity contribution in [1.82, 2.24) is 19.9 Å². The minimum atomic E-state index is -0.389. The molecule has 154 valence electrons. The van der Waals surface area contributed by atoms with Crippen LogP contribution < -0.4 is 10.1 Å². The summed E-state index contributed by atoms with van der Waals surface area (Å²) in [5.41, 5.74) is 3.41. The van der Waals surface area contributed by atoms with E-state index in [2.05, 4.69) is 20.6 Å². The fourth-order valence-corrected chi connectivity index (χ4v) is 3.66. The van der Waals surface area contributed by atoms with Crippen LogP contribution in [0.3, 0.4) is 0 Å². The molecule has 0 atom stereocenters. The van der Waals surface area contributed by atoms with E-state index in [0.717, 1.165) is 23.5 Å². The second kappa shape index (κ2) is 8.50. The second-order valence-electron chi connectivity index (χ2n) is 6.64. The van der Waals surface area contributed by atoms with Crippen molar-refractivity contribution in [3.8, 4) is 17.0 Å². The largest absolute Gasteiger partial charge is 0.489 e. The number of thiazole rings is 1. The lowest BCUT2D eigenvalue weighted by molar-refractivity contribution is 0.101. The number of carbonyl (C=O) groups is 1. The average molecular weight is 423 g/mol. The summed E-state index contributed by atoms with van der Waals surface area (Å²) in [5, 5.41) is 13.5. The predicted octanol–water partition coefficient (Wildman–Crippen LogP) is 4.46. The first-order valence-electron chi connectivity index (χ1n) is 9.49. The SMILES string of the molecule is CCn1cc(-c2csc(NC(=O)c3noc(C)c3COc3ccccc3)n2)c(C)n1. The number of nitrogens with zero attached hydrogens (tertiary/aromatic N) is 4. The van der Waals surface area contributed by atoms with Gasteiger partial charge in [-0.05, 0) is 32.9 Å². The first-order valence-corrected chi connectivity index (χ1v) is 10.4. The first kappa shape index (κ1) is 19.8. The van der Waals surface area contributed by atoms with Gasteiger partial charge in [0.05, 0.1) is 17.0 Å². The molecule has 4 aromatic rings. The molecule has 0 bridgehead atoms. The zero-order chi connectivity index (χ0) is 21.1. The van der Waals surface area contributed by atoms with E-state index < -0.39 is 0 Å². The van der Waals surface area contributed by atoms with E-state index in [1.54, 1.807) is 6.92 Å². The molecule has 0 aliphatic carbocycles. The number of aromatic nitrogens is 4.